The van der Waals surface area contributed by atoms with Crippen LogP contribution in [0.25, 0.3) is 0 Å². The van der Waals surface area contributed by atoms with E-state index in [2.05, 4.69) is 5.32 Å². The van der Waals surface area contributed by atoms with Gasteiger partial charge in [-0.15, -0.1) is 11.8 Å². The average Bonchev–Trinajstić information content (AvgIpc) is 2.71. The highest BCUT2D eigenvalue weighted by molar-refractivity contribution is 8.00. The first kappa shape index (κ1) is 14.2. The molecule has 0 saturated heterocycles. The van der Waals surface area contributed by atoms with Crippen LogP contribution in [0.2, 0.25) is 5.02 Å². The van der Waals surface area contributed by atoms with Gasteiger partial charge in [-0.3, -0.25) is 9.59 Å². The predicted molar refractivity (Wildman–Crippen MR) is 77.2 cm³/mol. The highest BCUT2D eigenvalue weighted by Crippen LogP contribution is 2.32. The van der Waals surface area contributed by atoms with Gasteiger partial charge < -0.3 is 11.1 Å². The van der Waals surface area contributed by atoms with Crippen molar-refractivity contribution < 1.29 is 9.59 Å². The lowest BCUT2D eigenvalue weighted by atomic mass is 10.1. The summed E-state index contributed by atoms with van der Waals surface area (Å²) >= 11 is 7.17. The molecule has 0 unspecified atom stereocenters. The molecule has 0 bridgehead atoms. The van der Waals surface area contributed by atoms with E-state index in [1.807, 2.05) is 18.2 Å². The van der Waals surface area contributed by atoms with Gasteiger partial charge in [0.25, 0.3) is 0 Å². The van der Waals surface area contributed by atoms with Crippen LogP contribution in [0.3, 0.4) is 0 Å². The second-order valence-corrected chi connectivity index (χ2v) is 5.88. The Hall–Kier alpha value is -1.20. The highest BCUT2D eigenvalue weighted by Gasteiger charge is 2.23. The number of rotatable bonds is 5. The number of benzene rings is 1. The van der Waals surface area contributed by atoms with Crippen LogP contribution >= 0.6 is 23.4 Å². The Morgan fingerprint density at radius 3 is 2.95 bits per heavy atom. The Balaban J connectivity index is 1.88. The summed E-state index contributed by atoms with van der Waals surface area (Å²) in [6.45, 7) is 0. The van der Waals surface area contributed by atoms with Gasteiger partial charge in [-0.1, -0.05) is 17.7 Å². The van der Waals surface area contributed by atoms with Gasteiger partial charge in [-0.05, 0) is 36.1 Å². The Kier molecular flexibility index (Phi) is 4.71. The van der Waals surface area contributed by atoms with E-state index < -0.39 is 5.91 Å². The van der Waals surface area contributed by atoms with E-state index in [4.69, 9.17) is 17.3 Å². The standard InChI is InChI=1S/C13H15ClN2O2S/c14-9-2-3-10-8(5-9)1-4-11(10)16-13(18)7-19-6-12(15)17/h2-3,5,11H,1,4,6-7H2,(H2,15,17)(H,16,18)/t11-/m0/s1. The van der Waals surface area contributed by atoms with E-state index in [1.165, 1.54) is 17.3 Å². The molecule has 1 aromatic carbocycles. The molecular formula is C13H15ClN2O2S. The molecule has 6 heteroatoms. The van der Waals surface area contributed by atoms with E-state index in [9.17, 15) is 9.59 Å². The first-order valence-electron chi connectivity index (χ1n) is 6.00. The topological polar surface area (TPSA) is 72.2 Å². The second kappa shape index (κ2) is 6.30. The summed E-state index contributed by atoms with van der Waals surface area (Å²) in [7, 11) is 0. The minimum atomic E-state index is -0.404. The third kappa shape index (κ3) is 3.88. The lowest BCUT2D eigenvalue weighted by Gasteiger charge is -2.14. The molecular weight excluding hydrogens is 284 g/mol. The molecule has 19 heavy (non-hydrogen) atoms. The van der Waals surface area contributed by atoms with Crippen molar-refractivity contribution in [1.82, 2.24) is 5.32 Å². The summed E-state index contributed by atoms with van der Waals surface area (Å²) < 4.78 is 0. The first-order chi connectivity index (χ1) is 9.06. The molecule has 0 fully saturated rings. The van der Waals surface area contributed by atoms with Gasteiger partial charge in [0.2, 0.25) is 11.8 Å². The van der Waals surface area contributed by atoms with Crippen molar-refractivity contribution in [2.24, 2.45) is 5.73 Å². The number of nitrogens with two attached hydrogens (primary N) is 1. The van der Waals surface area contributed by atoms with Crippen LogP contribution in [0, 0.1) is 0 Å². The molecule has 4 nitrogen and oxygen atoms in total. The van der Waals surface area contributed by atoms with Crippen molar-refractivity contribution in [3.05, 3.63) is 34.3 Å². The molecule has 3 N–H and O–H groups in total. The summed E-state index contributed by atoms with van der Waals surface area (Å²) in [5, 5.41) is 3.70. The van der Waals surface area contributed by atoms with Crippen LogP contribution in [0.4, 0.5) is 0 Å². The molecule has 1 aromatic rings. The van der Waals surface area contributed by atoms with E-state index in [-0.39, 0.29) is 23.5 Å². The van der Waals surface area contributed by atoms with Gasteiger partial charge in [-0.25, -0.2) is 0 Å². The average molecular weight is 299 g/mol. The predicted octanol–water partition coefficient (Wildman–Crippen LogP) is 1.66. The molecule has 1 atom stereocenters. The second-order valence-electron chi connectivity index (χ2n) is 4.46. The number of aryl methyl sites for hydroxylation is 1. The van der Waals surface area contributed by atoms with Crippen LogP contribution < -0.4 is 11.1 Å². The fraction of sp³-hybridized carbons (Fsp3) is 0.385. The zero-order valence-electron chi connectivity index (χ0n) is 10.3. The van der Waals surface area contributed by atoms with Crippen LogP contribution in [-0.4, -0.2) is 23.3 Å². The summed E-state index contributed by atoms with van der Waals surface area (Å²) in [6, 6.07) is 5.80. The van der Waals surface area contributed by atoms with Gasteiger partial charge in [0, 0.05) is 5.02 Å². The normalized spacial score (nSPS) is 17.0. The summed E-state index contributed by atoms with van der Waals surface area (Å²) in [5.41, 5.74) is 7.35. The number of amides is 2. The highest BCUT2D eigenvalue weighted by atomic mass is 35.5. The van der Waals surface area contributed by atoms with Crippen molar-refractivity contribution in [3.8, 4) is 0 Å². The van der Waals surface area contributed by atoms with Crippen LogP contribution in [0.1, 0.15) is 23.6 Å². The number of fused-ring (bicyclic) bond motifs is 1. The Morgan fingerprint density at radius 1 is 1.42 bits per heavy atom. The Bertz CT molecular complexity index is 507. The molecule has 0 aromatic heterocycles. The maximum atomic E-state index is 11.7. The third-order valence-electron chi connectivity index (χ3n) is 3.00. The quantitative estimate of drug-likeness (QED) is 0.868. The maximum Gasteiger partial charge on any atom is 0.230 e. The van der Waals surface area contributed by atoms with Crippen molar-refractivity contribution >= 4 is 35.2 Å². The zero-order chi connectivity index (χ0) is 13.8. The molecule has 0 heterocycles. The van der Waals surface area contributed by atoms with Gasteiger partial charge in [0.15, 0.2) is 0 Å². The van der Waals surface area contributed by atoms with Crippen LogP contribution in [-0.2, 0) is 16.0 Å². The van der Waals surface area contributed by atoms with Gasteiger partial charge in [0.05, 0.1) is 17.5 Å². The molecule has 0 aliphatic heterocycles. The number of nitrogens with one attached hydrogen (secondary N) is 1. The fourth-order valence-electron chi connectivity index (χ4n) is 2.22. The molecule has 1 aliphatic rings. The number of hydrogen-bond donors (Lipinski definition) is 2. The number of carbonyl (C=O) groups excluding carboxylic acids is 2. The van der Waals surface area contributed by atoms with E-state index in [0.29, 0.717) is 0 Å². The first-order valence-corrected chi connectivity index (χ1v) is 7.53. The summed E-state index contributed by atoms with van der Waals surface area (Å²) in [4.78, 5) is 22.3. The molecule has 0 saturated carbocycles. The Labute approximate surface area is 121 Å². The number of thioether (sulfide) groups is 1. The number of hydrogen-bond acceptors (Lipinski definition) is 3. The summed E-state index contributed by atoms with van der Waals surface area (Å²) in [6.07, 6.45) is 1.82. The molecule has 2 rings (SSSR count). The fourth-order valence-corrected chi connectivity index (χ4v) is 2.98. The molecule has 0 radical (unpaired) electrons. The third-order valence-corrected chi connectivity index (χ3v) is 4.19. The lowest BCUT2D eigenvalue weighted by Crippen LogP contribution is -2.29. The van der Waals surface area contributed by atoms with E-state index in [1.54, 1.807) is 0 Å². The minimum absolute atomic E-state index is 0.0499. The SMILES string of the molecule is NC(=O)CSCC(=O)N[C@H]1CCc2cc(Cl)ccc21. The van der Waals surface area contributed by atoms with E-state index in [0.717, 1.165) is 23.4 Å². The monoisotopic (exact) mass is 298 g/mol. The van der Waals surface area contributed by atoms with Crippen LogP contribution in [0.15, 0.2) is 18.2 Å². The van der Waals surface area contributed by atoms with E-state index >= 15 is 0 Å². The molecule has 0 spiro atoms. The van der Waals surface area contributed by atoms with Crippen molar-refractivity contribution in [2.75, 3.05) is 11.5 Å². The Morgan fingerprint density at radius 2 is 2.21 bits per heavy atom. The lowest BCUT2D eigenvalue weighted by molar-refractivity contribution is -0.119. The smallest absolute Gasteiger partial charge is 0.230 e. The number of primary amides is 1. The minimum Gasteiger partial charge on any atom is -0.369 e. The van der Waals surface area contributed by atoms with Gasteiger partial charge in [0.1, 0.15) is 0 Å². The number of carbonyl (C=O) groups is 2. The largest absolute Gasteiger partial charge is 0.369 e. The molecule has 1 aliphatic carbocycles. The zero-order valence-corrected chi connectivity index (χ0v) is 11.9. The number of halogens is 1. The van der Waals surface area contributed by atoms with Crippen molar-refractivity contribution in [3.63, 3.8) is 0 Å². The summed E-state index contributed by atoms with van der Waals surface area (Å²) in [5.74, 6) is -0.0511. The van der Waals surface area contributed by atoms with Gasteiger partial charge in [-0.2, -0.15) is 0 Å². The van der Waals surface area contributed by atoms with Crippen molar-refractivity contribution in [2.45, 2.75) is 18.9 Å². The molecule has 102 valence electrons. The van der Waals surface area contributed by atoms with Crippen LogP contribution in [0.5, 0.6) is 0 Å². The molecule has 2 amide bonds. The van der Waals surface area contributed by atoms with Gasteiger partial charge >= 0.3 is 0 Å². The van der Waals surface area contributed by atoms with Crippen molar-refractivity contribution in [1.29, 1.82) is 0 Å². The maximum absolute atomic E-state index is 11.7.